The van der Waals surface area contributed by atoms with E-state index in [4.69, 9.17) is 4.74 Å². The molecule has 0 saturated heterocycles. The van der Waals surface area contributed by atoms with Crippen molar-refractivity contribution in [1.82, 2.24) is 9.88 Å². The Bertz CT molecular complexity index is 460. The minimum absolute atomic E-state index is 0.0493. The van der Waals surface area contributed by atoms with Crippen LogP contribution in [0, 0.1) is 5.92 Å². The number of hydrogen-bond acceptors (Lipinski definition) is 4. The van der Waals surface area contributed by atoms with Crippen LogP contribution >= 0.6 is 0 Å². The minimum atomic E-state index is 0.0493. The van der Waals surface area contributed by atoms with E-state index in [0.29, 0.717) is 24.6 Å². The van der Waals surface area contributed by atoms with Crippen LogP contribution in [0.5, 0.6) is 0 Å². The van der Waals surface area contributed by atoms with Crippen molar-refractivity contribution in [1.29, 1.82) is 0 Å². The van der Waals surface area contributed by atoms with E-state index in [-0.39, 0.29) is 11.9 Å². The van der Waals surface area contributed by atoms with Gasteiger partial charge >= 0.3 is 0 Å². The number of nitrogens with one attached hydrogen (secondary N) is 1. The van der Waals surface area contributed by atoms with Crippen LogP contribution < -0.4 is 5.32 Å². The molecule has 1 amide bonds. The molecule has 1 unspecified atom stereocenters. The molecule has 20 heavy (non-hydrogen) atoms. The van der Waals surface area contributed by atoms with Crippen LogP contribution in [0.2, 0.25) is 0 Å². The van der Waals surface area contributed by atoms with Crippen molar-refractivity contribution in [2.75, 3.05) is 32.6 Å². The van der Waals surface area contributed by atoms with E-state index in [0.717, 1.165) is 5.69 Å². The largest absolute Gasteiger partial charge is 0.386 e. The van der Waals surface area contributed by atoms with Crippen LogP contribution in [0.25, 0.3) is 0 Å². The van der Waals surface area contributed by atoms with E-state index in [1.54, 1.807) is 32.6 Å². The van der Waals surface area contributed by atoms with Gasteiger partial charge in [-0.05, 0) is 31.7 Å². The molecule has 1 aromatic rings. The number of carbonyl (C=O) groups is 1. The molecule has 1 N–H and O–H groups in total. The summed E-state index contributed by atoms with van der Waals surface area (Å²) >= 11 is 0. The molecule has 110 valence electrons. The molecule has 1 saturated carbocycles. The number of rotatable bonds is 7. The predicted molar refractivity (Wildman–Crippen MR) is 78.9 cm³/mol. The van der Waals surface area contributed by atoms with Gasteiger partial charge in [0.1, 0.15) is 0 Å². The molecular formula is C15H23N3O2. The van der Waals surface area contributed by atoms with Crippen LogP contribution in [0.1, 0.15) is 30.1 Å². The van der Waals surface area contributed by atoms with Gasteiger partial charge in [0.05, 0.1) is 24.1 Å². The predicted octanol–water partition coefficient (Wildman–Crippen LogP) is 2.01. The highest BCUT2D eigenvalue weighted by Gasteiger charge is 2.34. The molecular weight excluding hydrogens is 254 g/mol. The molecule has 0 radical (unpaired) electrons. The van der Waals surface area contributed by atoms with Crippen molar-refractivity contribution >= 4 is 11.6 Å². The maximum atomic E-state index is 12.8. The van der Waals surface area contributed by atoms with E-state index in [1.165, 1.54) is 12.8 Å². The Balaban J connectivity index is 2.20. The van der Waals surface area contributed by atoms with E-state index in [1.807, 2.05) is 4.90 Å². The molecule has 1 aliphatic carbocycles. The van der Waals surface area contributed by atoms with E-state index >= 15 is 0 Å². The van der Waals surface area contributed by atoms with E-state index < -0.39 is 0 Å². The summed E-state index contributed by atoms with van der Waals surface area (Å²) < 4.78 is 5.14. The van der Waals surface area contributed by atoms with E-state index in [9.17, 15) is 4.79 Å². The Kier molecular flexibility index (Phi) is 4.95. The van der Waals surface area contributed by atoms with Gasteiger partial charge in [-0.15, -0.1) is 0 Å². The first-order valence-corrected chi connectivity index (χ1v) is 7.10. The number of methoxy groups -OCH3 is 1. The van der Waals surface area contributed by atoms with Gasteiger partial charge in [0.2, 0.25) is 0 Å². The highest BCUT2D eigenvalue weighted by molar-refractivity contribution is 5.99. The molecule has 0 aromatic carbocycles. The Morgan fingerprint density at radius 1 is 1.60 bits per heavy atom. The third-order valence-electron chi connectivity index (χ3n) is 3.91. The smallest absolute Gasteiger partial charge is 0.256 e. The number of nitrogens with zero attached hydrogens (tertiary/aromatic N) is 2. The summed E-state index contributed by atoms with van der Waals surface area (Å²) in [5.41, 5.74) is 1.44. The SMILES string of the molecule is CNc1cnccc1C(=O)N(CCOC)C(C)C1CC1. The standard InChI is InChI=1S/C15H23N3O2/c1-11(12-4-5-12)18(8-9-20-3)15(19)13-6-7-17-10-14(13)16-2/h6-7,10-12,16H,4-5,8-9H2,1-3H3. The maximum Gasteiger partial charge on any atom is 0.256 e. The van der Waals surface area contributed by atoms with Gasteiger partial charge < -0.3 is 15.0 Å². The van der Waals surface area contributed by atoms with Gasteiger partial charge in [-0.1, -0.05) is 0 Å². The van der Waals surface area contributed by atoms with Gasteiger partial charge in [-0.2, -0.15) is 0 Å². The highest BCUT2D eigenvalue weighted by Crippen LogP contribution is 2.35. The van der Waals surface area contributed by atoms with Gasteiger partial charge in [0.25, 0.3) is 5.91 Å². The fourth-order valence-electron chi connectivity index (χ4n) is 2.45. The number of amides is 1. The lowest BCUT2D eigenvalue weighted by Crippen LogP contribution is -2.42. The highest BCUT2D eigenvalue weighted by atomic mass is 16.5. The van der Waals surface area contributed by atoms with Gasteiger partial charge in [0, 0.05) is 32.9 Å². The molecule has 1 heterocycles. The van der Waals surface area contributed by atoms with E-state index in [2.05, 4.69) is 17.2 Å². The average Bonchev–Trinajstić information content (AvgIpc) is 3.31. The first kappa shape index (κ1) is 14.8. The molecule has 5 heteroatoms. The Hall–Kier alpha value is -1.62. The van der Waals surface area contributed by atoms with Crippen LogP contribution in [-0.2, 0) is 4.74 Å². The monoisotopic (exact) mass is 277 g/mol. The summed E-state index contributed by atoms with van der Waals surface area (Å²) in [5.74, 6) is 0.684. The Labute approximate surface area is 120 Å². The van der Waals surface area contributed by atoms with Gasteiger partial charge in [0.15, 0.2) is 0 Å². The van der Waals surface area contributed by atoms with Crippen molar-refractivity contribution in [2.24, 2.45) is 5.92 Å². The fourth-order valence-corrected chi connectivity index (χ4v) is 2.45. The number of pyridine rings is 1. The number of anilines is 1. The second-order valence-corrected chi connectivity index (χ2v) is 5.24. The van der Waals surface area contributed by atoms with Crippen LogP contribution in [0.4, 0.5) is 5.69 Å². The molecule has 5 nitrogen and oxygen atoms in total. The van der Waals surface area contributed by atoms with Crippen LogP contribution in [0.15, 0.2) is 18.5 Å². The number of ether oxygens (including phenoxy) is 1. The topological polar surface area (TPSA) is 54.5 Å². The third kappa shape index (κ3) is 3.28. The fraction of sp³-hybridized carbons (Fsp3) is 0.600. The first-order chi connectivity index (χ1) is 9.69. The Morgan fingerprint density at radius 2 is 2.35 bits per heavy atom. The number of hydrogen-bond donors (Lipinski definition) is 1. The lowest BCUT2D eigenvalue weighted by atomic mass is 10.1. The van der Waals surface area contributed by atoms with Crippen molar-refractivity contribution < 1.29 is 9.53 Å². The summed E-state index contributed by atoms with van der Waals surface area (Å²) in [4.78, 5) is 18.8. The molecule has 1 atom stereocenters. The second kappa shape index (κ2) is 6.70. The van der Waals surface area contributed by atoms with Crippen molar-refractivity contribution in [2.45, 2.75) is 25.8 Å². The average molecular weight is 277 g/mol. The van der Waals surface area contributed by atoms with Crippen molar-refractivity contribution in [3.63, 3.8) is 0 Å². The van der Waals surface area contributed by atoms with Crippen molar-refractivity contribution in [3.8, 4) is 0 Å². The normalized spacial score (nSPS) is 15.8. The van der Waals surface area contributed by atoms with Crippen molar-refractivity contribution in [3.05, 3.63) is 24.0 Å². The van der Waals surface area contributed by atoms with Gasteiger partial charge in [-0.3, -0.25) is 9.78 Å². The summed E-state index contributed by atoms with van der Waals surface area (Å²) in [6.07, 6.45) is 5.77. The molecule has 1 aromatic heterocycles. The summed E-state index contributed by atoms with van der Waals surface area (Å²) in [5, 5.41) is 3.03. The number of carbonyl (C=O) groups excluding carboxylic acids is 1. The van der Waals surface area contributed by atoms with Crippen LogP contribution in [0.3, 0.4) is 0 Å². The lowest BCUT2D eigenvalue weighted by Gasteiger charge is -2.30. The molecule has 2 rings (SSSR count). The molecule has 0 spiro atoms. The zero-order valence-corrected chi connectivity index (χ0v) is 12.4. The summed E-state index contributed by atoms with van der Waals surface area (Å²) in [7, 11) is 3.47. The maximum absolute atomic E-state index is 12.8. The Morgan fingerprint density at radius 3 is 2.95 bits per heavy atom. The summed E-state index contributed by atoms with van der Waals surface area (Å²) in [6.45, 7) is 3.31. The molecule has 0 bridgehead atoms. The molecule has 1 aliphatic rings. The zero-order valence-electron chi connectivity index (χ0n) is 12.4. The summed E-state index contributed by atoms with van der Waals surface area (Å²) in [6, 6.07) is 2.03. The zero-order chi connectivity index (χ0) is 14.5. The lowest BCUT2D eigenvalue weighted by molar-refractivity contribution is 0.0595. The minimum Gasteiger partial charge on any atom is -0.386 e. The first-order valence-electron chi connectivity index (χ1n) is 7.10. The second-order valence-electron chi connectivity index (χ2n) is 5.24. The quantitative estimate of drug-likeness (QED) is 0.828. The molecule has 0 aliphatic heterocycles. The van der Waals surface area contributed by atoms with Crippen LogP contribution in [-0.4, -0.2) is 49.1 Å². The molecule has 1 fully saturated rings. The van der Waals surface area contributed by atoms with Gasteiger partial charge in [-0.25, -0.2) is 0 Å². The third-order valence-corrected chi connectivity index (χ3v) is 3.91. The number of aromatic nitrogens is 1.